The number of carboxylic acid groups (broad SMARTS) is 1. The van der Waals surface area contributed by atoms with Gasteiger partial charge in [-0.1, -0.05) is 39.0 Å². The highest BCUT2D eigenvalue weighted by Crippen LogP contribution is 2.20. The van der Waals surface area contributed by atoms with Gasteiger partial charge in [0.25, 0.3) is 0 Å². The van der Waals surface area contributed by atoms with E-state index in [0.29, 0.717) is 5.56 Å². The zero-order valence-corrected chi connectivity index (χ0v) is 12.6. The fraction of sp³-hybridized carbons (Fsp3) is 0.467. The zero-order chi connectivity index (χ0) is 16.2. The Balaban J connectivity index is 2.73. The highest BCUT2D eigenvalue weighted by atomic mass is 19.1. The molecule has 0 saturated heterocycles. The van der Waals surface area contributed by atoms with Crippen LogP contribution in [0.25, 0.3) is 0 Å². The van der Waals surface area contributed by atoms with E-state index in [4.69, 9.17) is 5.11 Å². The SMILES string of the molecule is CC(NC(=O)NC(C(=O)O)C(C)(C)C)c1ccccc1F. The molecular weight excluding hydrogens is 275 g/mol. The van der Waals surface area contributed by atoms with E-state index in [1.165, 1.54) is 6.07 Å². The van der Waals surface area contributed by atoms with Crippen molar-refractivity contribution in [2.24, 2.45) is 5.41 Å². The molecule has 2 unspecified atom stereocenters. The van der Waals surface area contributed by atoms with Crippen molar-refractivity contribution in [2.75, 3.05) is 0 Å². The molecule has 0 aliphatic rings. The lowest BCUT2D eigenvalue weighted by Crippen LogP contribution is -2.52. The van der Waals surface area contributed by atoms with Crippen LogP contribution in [0.3, 0.4) is 0 Å². The van der Waals surface area contributed by atoms with E-state index in [1.807, 2.05) is 0 Å². The van der Waals surface area contributed by atoms with Crippen LogP contribution in [-0.2, 0) is 4.79 Å². The third-order valence-corrected chi connectivity index (χ3v) is 3.11. The summed E-state index contributed by atoms with van der Waals surface area (Å²) in [6.07, 6.45) is 0. The standard InChI is InChI=1S/C15H21FN2O3/c1-9(10-7-5-6-8-11(10)16)17-14(21)18-12(13(19)20)15(2,3)4/h5-9,12H,1-4H3,(H,19,20)(H2,17,18,21). The summed E-state index contributed by atoms with van der Waals surface area (Å²) in [5, 5.41) is 14.1. The molecule has 116 valence electrons. The van der Waals surface area contributed by atoms with Gasteiger partial charge in [-0.25, -0.2) is 14.0 Å². The van der Waals surface area contributed by atoms with Gasteiger partial charge in [-0.2, -0.15) is 0 Å². The molecular formula is C15H21FN2O3. The molecule has 1 aromatic carbocycles. The van der Waals surface area contributed by atoms with E-state index in [2.05, 4.69) is 10.6 Å². The Kier molecular flexibility index (Phi) is 5.29. The second kappa shape index (κ2) is 6.56. The van der Waals surface area contributed by atoms with Crippen molar-refractivity contribution >= 4 is 12.0 Å². The molecule has 3 N–H and O–H groups in total. The monoisotopic (exact) mass is 296 g/mol. The molecule has 0 aromatic heterocycles. The van der Waals surface area contributed by atoms with Crippen LogP contribution in [0.5, 0.6) is 0 Å². The lowest BCUT2D eigenvalue weighted by molar-refractivity contribution is -0.141. The van der Waals surface area contributed by atoms with Gasteiger partial charge in [-0.05, 0) is 18.4 Å². The van der Waals surface area contributed by atoms with Crippen molar-refractivity contribution in [1.82, 2.24) is 10.6 Å². The first kappa shape index (κ1) is 16.9. The number of carbonyl (C=O) groups is 2. The van der Waals surface area contributed by atoms with Gasteiger partial charge < -0.3 is 15.7 Å². The number of urea groups is 1. The van der Waals surface area contributed by atoms with Crippen molar-refractivity contribution in [3.8, 4) is 0 Å². The summed E-state index contributed by atoms with van der Waals surface area (Å²) < 4.78 is 13.6. The van der Waals surface area contributed by atoms with E-state index >= 15 is 0 Å². The number of rotatable bonds is 4. The summed E-state index contributed by atoms with van der Waals surface area (Å²) in [5.41, 5.74) is -0.292. The predicted molar refractivity (Wildman–Crippen MR) is 77.4 cm³/mol. The van der Waals surface area contributed by atoms with Crippen molar-refractivity contribution in [3.05, 3.63) is 35.6 Å². The Morgan fingerprint density at radius 3 is 2.24 bits per heavy atom. The van der Waals surface area contributed by atoms with Gasteiger partial charge in [0.2, 0.25) is 0 Å². The van der Waals surface area contributed by atoms with Crippen LogP contribution in [0.1, 0.15) is 39.3 Å². The minimum absolute atomic E-state index is 0.343. The molecule has 0 heterocycles. The molecule has 1 aromatic rings. The summed E-state index contributed by atoms with van der Waals surface area (Å²) in [7, 11) is 0. The van der Waals surface area contributed by atoms with Gasteiger partial charge in [0.15, 0.2) is 0 Å². The molecule has 0 fully saturated rings. The second-order valence-corrected chi connectivity index (χ2v) is 6.00. The minimum atomic E-state index is -1.11. The average Bonchev–Trinajstić information content (AvgIpc) is 2.34. The maximum atomic E-state index is 13.6. The number of nitrogens with one attached hydrogen (secondary N) is 2. The molecule has 6 heteroatoms. The van der Waals surface area contributed by atoms with Crippen molar-refractivity contribution in [3.63, 3.8) is 0 Å². The van der Waals surface area contributed by atoms with Gasteiger partial charge in [-0.15, -0.1) is 0 Å². The summed E-state index contributed by atoms with van der Waals surface area (Å²) in [6.45, 7) is 6.77. The largest absolute Gasteiger partial charge is 0.480 e. The number of aliphatic carboxylic acids is 1. The number of benzene rings is 1. The third kappa shape index (κ3) is 4.73. The summed E-state index contributed by atoms with van der Waals surface area (Å²) >= 11 is 0. The predicted octanol–water partition coefficient (Wildman–Crippen LogP) is 2.69. The molecule has 0 aliphatic carbocycles. The number of hydrogen-bond donors (Lipinski definition) is 3. The molecule has 2 atom stereocenters. The fourth-order valence-electron chi connectivity index (χ4n) is 1.92. The van der Waals surface area contributed by atoms with Crippen molar-refractivity contribution in [1.29, 1.82) is 0 Å². The highest BCUT2D eigenvalue weighted by molar-refractivity contribution is 5.83. The van der Waals surface area contributed by atoms with Crippen molar-refractivity contribution < 1.29 is 19.1 Å². The van der Waals surface area contributed by atoms with E-state index in [-0.39, 0.29) is 0 Å². The third-order valence-electron chi connectivity index (χ3n) is 3.11. The number of halogens is 1. The molecule has 5 nitrogen and oxygen atoms in total. The molecule has 0 saturated carbocycles. The first-order valence-corrected chi connectivity index (χ1v) is 6.67. The Morgan fingerprint density at radius 2 is 1.76 bits per heavy atom. The van der Waals surface area contributed by atoms with Gasteiger partial charge >= 0.3 is 12.0 Å². The van der Waals surface area contributed by atoms with Crippen molar-refractivity contribution in [2.45, 2.75) is 39.8 Å². The summed E-state index contributed by atoms with van der Waals surface area (Å²) in [4.78, 5) is 23.1. The quantitative estimate of drug-likeness (QED) is 0.799. The minimum Gasteiger partial charge on any atom is -0.480 e. The van der Waals surface area contributed by atoms with Gasteiger partial charge in [-0.3, -0.25) is 0 Å². The van der Waals surface area contributed by atoms with E-state index in [0.717, 1.165) is 0 Å². The van der Waals surface area contributed by atoms with Gasteiger partial charge in [0, 0.05) is 5.56 Å². The van der Waals surface area contributed by atoms with Crippen LogP contribution in [-0.4, -0.2) is 23.1 Å². The fourth-order valence-corrected chi connectivity index (χ4v) is 1.92. The van der Waals surface area contributed by atoms with Gasteiger partial charge in [0.05, 0.1) is 6.04 Å². The molecule has 0 bridgehead atoms. The first-order chi connectivity index (χ1) is 9.62. The second-order valence-electron chi connectivity index (χ2n) is 6.00. The highest BCUT2D eigenvalue weighted by Gasteiger charge is 2.32. The molecule has 2 amide bonds. The number of carbonyl (C=O) groups excluding carboxylic acids is 1. The molecule has 21 heavy (non-hydrogen) atoms. The van der Waals surface area contributed by atoms with Crippen LogP contribution in [0.15, 0.2) is 24.3 Å². The molecule has 0 aliphatic heterocycles. The lowest BCUT2D eigenvalue weighted by Gasteiger charge is -2.28. The number of amides is 2. The maximum absolute atomic E-state index is 13.6. The number of hydrogen-bond acceptors (Lipinski definition) is 2. The molecule has 0 spiro atoms. The molecule has 1 rings (SSSR count). The Hall–Kier alpha value is -2.11. The van der Waals surface area contributed by atoms with Crippen LogP contribution in [0.4, 0.5) is 9.18 Å². The van der Waals surface area contributed by atoms with E-state index in [9.17, 15) is 14.0 Å². The first-order valence-electron chi connectivity index (χ1n) is 6.67. The Bertz CT molecular complexity index is 526. The van der Waals surface area contributed by atoms with E-state index < -0.39 is 35.3 Å². The van der Waals surface area contributed by atoms with Crippen LogP contribution >= 0.6 is 0 Å². The summed E-state index contributed by atoms with van der Waals surface area (Å²) in [6, 6.07) is 3.85. The summed E-state index contributed by atoms with van der Waals surface area (Å²) in [5.74, 6) is -1.54. The number of carboxylic acids is 1. The maximum Gasteiger partial charge on any atom is 0.326 e. The normalized spacial score (nSPS) is 14.1. The molecule has 0 radical (unpaired) electrons. The Labute approximate surface area is 123 Å². The average molecular weight is 296 g/mol. The van der Waals surface area contributed by atoms with Gasteiger partial charge in [0.1, 0.15) is 11.9 Å². The topological polar surface area (TPSA) is 78.4 Å². The van der Waals surface area contributed by atoms with Crippen LogP contribution in [0.2, 0.25) is 0 Å². The lowest BCUT2D eigenvalue weighted by atomic mass is 9.87. The van der Waals surface area contributed by atoms with Crippen LogP contribution < -0.4 is 10.6 Å². The Morgan fingerprint density at radius 1 is 1.19 bits per heavy atom. The smallest absolute Gasteiger partial charge is 0.326 e. The zero-order valence-electron chi connectivity index (χ0n) is 12.6. The van der Waals surface area contributed by atoms with E-state index in [1.54, 1.807) is 45.9 Å². The van der Waals surface area contributed by atoms with Crippen LogP contribution in [0, 0.1) is 11.2 Å².